The minimum Gasteiger partial charge on any atom is -0.244 e. The van der Waals surface area contributed by atoms with Gasteiger partial charge in [0.25, 0.3) is 0 Å². The van der Waals surface area contributed by atoms with Gasteiger partial charge in [-0.2, -0.15) is 0 Å². The molecule has 0 saturated heterocycles. The quantitative estimate of drug-likeness (QED) is 0.608. The van der Waals surface area contributed by atoms with E-state index in [1.54, 1.807) is 23.5 Å². The molecule has 0 atom stereocenters. The highest BCUT2D eigenvalue weighted by Gasteiger charge is 2.05. The van der Waals surface area contributed by atoms with E-state index in [2.05, 4.69) is 4.98 Å². The van der Waals surface area contributed by atoms with Crippen molar-refractivity contribution in [2.75, 3.05) is 0 Å². The van der Waals surface area contributed by atoms with Crippen LogP contribution in [0.3, 0.4) is 0 Å². The summed E-state index contributed by atoms with van der Waals surface area (Å²) in [6.07, 6.45) is 0. The normalized spacial score (nSPS) is 10.6. The molecule has 0 bridgehead atoms. The topological polar surface area (TPSA) is 12.9 Å². The number of aromatic nitrogens is 1. The minimum absolute atomic E-state index is 0.179. The standard InChI is InChI=1S/C11H9ClFNS2/c12-5-8-6-16-11(14-8)7-15-10-4-2-1-3-9(10)13/h1-4,6H,5,7H2. The van der Waals surface area contributed by atoms with E-state index in [1.807, 2.05) is 11.4 Å². The Balaban J connectivity index is 1.99. The summed E-state index contributed by atoms with van der Waals surface area (Å²) in [6, 6.07) is 6.76. The summed E-state index contributed by atoms with van der Waals surface area (Å²) in [5.41, 5.74) is 0.885. The summed E-state index contributed by atoms with van der Waals surface area (Å²) in [4.78, 5) is 4.97. The van der Waals surface area contributed by atoms with Gasteiger partial charge >= 0.3 is 0 Å². The van der Waals surface area contributed by atoms with E-state index in [-0.39, 0.29) is 5.82 Å². The van der Waals surface area contributed by atoms with Gasteiger partial charge in [-0.1, -0.05) is 12.1 Å². The summed E-state index contributed by atoms with van der Waals surface area (Å²) in [5, 5.41) is 2.91. The van der Waals surface area contributed by atoms with Gasteiger partial charge in [0.15, 0.2) is 0 Å². The van der Waals surface area contributed by atoms with Crippen LogP contribution in [0.2, 0.25) is 0 Å². The first kappa shape index (κ1) is 11.9. The molecule has 2 rings (SSSR count). The summed E-state index contributed by atoms with van der Waals surface area (Å²) in [5.74, 6) is 0.935. The molecular formula is C11H9ClFNS2. The van der Waals surface area contributed by atoms with Gasteiger partial charge in [0.1, 0.15) is 10.8 Å². The van der Waals surface area contributed by atoms with Crippen LogP contribution in [0.15, 0.2) is 34.5 Å². The van der Waals surface area contributed by atoms with Crippen LogP contribution in [0, 0.1) is 5.82 Å². The number of thioether (sulfide) groups is 1. The Labute approximate surface area is 107 Å². The number of alkyl halides is 1. The molecule has 0 amide bonds. The first-order valence-corrected chi connectivity index (χ1v) is 7.06. The lowest BCUT2D eigenvalue weighted by Crippen LogP contribution is -1.84. The van der Waals surface area contributed by atoms with Crippen LogP contribution in [-0.4, -0.2) is 4.98 Å². The molecule has 1 heterocycles. The summed E-state index contributed by atoms with van der Waals surface area (Å²) in [6.45, 7) is 0. The van der Waals surface area contributed by atoms with E-state index >= 15 is 0 Å². The summed E-state index contributed by atoms with van der Waals surface area (Å²) < 4.78 is 13.3. The van der Waals surface area contributed by atoms with E-state index in [0.717, 1.165) is 10.7 Å². The maximum Gasteiger partial charge on any atom is 0.136 e. The lowest BCUT2D eigenvalue weighted by molar-refractivity contribution is 0.602. The Morgan fingerprint density at radius 3 is 2.88 bits per heavy atom. The third kappa shape index (κ3) is 2.97. The van der Waals surface area contributed by atoms with Gasteiger partial charge in [-0.25, -0.2) is 9.37 Å². The number of hydrogen-bond donors (Lipinski definition) is 0. The number of halogens is 2. The van der Waals surface area contributed by atoms with Gasteiger partial charge < -0.3 is 0 Å². The van der Waals surface area contributed by atoms with Crippen molar-refractivity contribution in [2.45, 2.75) is 16.5 Å². The number of nitrogens with zero attached hydrogens (tertiary/aromatic N) is 1. The zero-order valence-electron chi connectivity index (χ0n) is 8.32. The second kappa shape index (κ2) is 5.66. The van der Waals surface area contributed by atoms with Crippen molar-refractivity contribution in [3.63, 3.8) is 0 Å². The second-order valence-electron chi connectivity index (χ2n) is 3.09. The Hall–Kier alpha value is -0.580. The van der Waals surface area contributed by atoms with Crippen LogP contribution in [0.4, 0.5) is 4.39 Å². The average Bonchev–Trinajstić information content (AvgIpc) is 2.76. The fraction of sp³-hybridized carbons (Fsp3) is 0.182. The van der Waals surface area contributed by atoms with E-state index < -0.39 is 0 Å². The van der Waals surface area contributed by atoms with Crippen LogP contribution >= 0.6 is 34.7 Å². The lowest BCUT2D eigenvalue weighted by atomic mass is 10.3. The smallest absolute Gasteiger partial charge is 0.136 e. The van der Waals surface area contributed by atoms with Gasteiger partial charge in [0, 0.05) is 10.3 Å². The first-order chi connectivity index (χ1) is 7.79. The maximum atomic E-state index is 13.3. The number of benzene rings is 1. The Bertz CT molecular complexity index is 473. The van der Waals surface area contributed by atoms with E-state index in [0.29, 0.717) is 16.5 Å². The third-order valence-electron chi connectivity index (χ3n) is 1.92. The SMILES string of the molecule is Fc1ccccc1SCc1nc(CCl)cs1. The predicted molar refractivity (Wildman–Crippen MR) is 67.6 cm³/mol. The van der Waals surface area contributed by atoms with Crippen molar-refractivity contribution in [2.24, 2.45) is 0 Å². The fourth-order valence-corrected chi connectivity index (χ4v) is 3.16. The first-order valence-electron chi connectivity index (χ1n) is 4.66. The number of rotatable bonds is 4. The molecule has 5 heteroatoms. The molecule has 0 spiro atoms. The highest BCUT2D eigenvalue weighted by Crippen LogP contribution is 2.26. The van der Waals surface area contributed by atoms with Crippen molar-refractivity contribution in [3.05, 3.63) is 46.2 Å². The molecule has 1 aromatic heterocycles. The van der Waals surface area contributed by atoms with Crippen LogP contribution in [0.1, 0.15) is 10.7 Å². The Morgan fingerprint density at radius 1 is 1.38 bits per heavy atom. The monoisotopic (exact) mass is 273 g/mol. The molecule has 0 aliphatic carbocycles. The average molecular weight is 274 g/mol. The van der Waals surface area contributed by atoms with Crippen LogP contribution in [0.5, 0.6) is 0 Å². The molecular weight excluding hydrogens is 265 g/mol. The largest absolute Gasteiger partial charge is 0.244 e. The molecule has 1 nitrogen and oxygen atoms in total. The highest BCUT2D eigenvalue weighted by atomic mass is 35.5. The maximum absolute atomic E-state index is 13.3. The molecule has 0 saturated carbocycles. The third-order valence-corrected chi connectivity index (χ3v) is 4.34. The zero-order chi connectivity index (χ0) is 11.4. The van der Waals surface area contributed by atoms with Crippen molar-refractivity contribution in [3.8, 4) is 0 Å². The molecule has 0 aliphatic rings. The van der Waals surface area contributed by atoms with Crippen molar-refractivity contribution in [1.82, 2.24) is 4.98 Å². The van der Waals surface area contributed by atoms with Gasteiger partial charge in [-0.3, -0.25) is 0 Å². The molecule has 84 valence electrons. The van der Waals surface area contributed by atoms with Gasteiger partial charge in [0.05, 0.1) is 17.3 Å². The summed E-state index contributed by atoms with van der Waals surface area (Å²) in [7, 11) is 0. The molecule has 1 aromatic carbocycles. The van der Waals surface area contributed by atoms with E-state index in [1.165, 1.54) is 17.8 Å². The second-order valence-corrected chi connectivity index (χ2v) is 5.31. The minimum atomic E-state index is -0.179. The van der Waals surface area contributed by atoms with Crippen LogP contribution in [-0.2, 0) is 11.6 Å². The van der Waals surface area contributed by atoms with Gasteiger partial charge in [-0.15, -0.1) is 34.7 Å². The fourth-order valence-electron chi connectivity index (χ4n) is 1.18. The van der Waals surface area contributed by atoms with Gasteiger partial charge in [-0.05, 0) is 12.1 Å². The van der Waals surface area contributed by atoms with E-state index in [9.17, 15) is 4.39 Å². The molecule has 0 fully saturated rings. The molecule has 0 N–H and O–H groups in total. The van der Waals surface area contributed by atoms with Crippen LogP contribution in [0.25, 0.3) is 0 Å². The summed E-state index contributed by atoms with van der Waals surface area (Å²) >= 11 is 8.67. The molecule has 0 aliphatic heterocycles. The number of hydrogen-bond acceptors (Lipinski definition) is 3. The predicted octanol–water partition coefficient (Wildman–Crippen LogP) is 4.31. The molecule has 0 radical (unpaired) electrons. The molecule has 0 unspecified atom stereocenters. The highest BCUT2D eigenvalue weighted by molar-refractivity contribution is 7.98. The van der Waals surface area contributed by atoms with Crippen molar-refractivity contribution < 1.29 is 4.39 Å². The molecule has 16 heavy (non-hydrogen) atoms. The van der Waals surface area contributed by atoms with Crippen molar-refractivity contribution in [1.29, 1.82) is 0 Å². The Kier molecular flexibility index (Phi) is 4.21. The van der Waals surface area contributed by atoms with E-state index in [4.69, 9.17) is 11.6 Å². The number of thiazole rings is 1. The zero-order valence-corrected chi connectivity index (χ0v) is 10.7. The molecule has 2 aromatic rings. The van der Waals surface area contributed by atoms with Crippen molar-refractivity contribution >= 4 is 34.7 Å². The lowest BCUT2D eigenvalue weighted by Gasteiger charge is -2.00. The van der Waals surface area contributed by atoms with Crippen LogP contribution < -0.4 is 0 Å². The van der Waals surface area contributed by atoms with Gasteiger partial charge in [0.2, 0.25) is 0 Å². The Morgan fingerprint density at radius 2 is 2.19 bits per heavy atom.